The lowest BCUT2D eigenvalue weighted by atomic mass is 10.2. The number of aromatic nitrogens is 5. The van der Waals surface area contributed by atoms with Gasteiger partial charge in [0.05, 0.1) is 24.1 Å². The molecule has 0 amide bonds. The Morgan fingerprint density at radius 1 is 1.04 bits per heavy atom. The van der Waals surface area contributed by atoms with Gasteiger partial charge >= 0.3 is 0 Å². The zero-order valence-corrected chi connectivity index (χ0v) is 14.8. The Hall–Kier alpha value is -2.06. The fraction of sp³-hybridized carbons (Fsp3) is 0.647. The first-order chi connectivity index (χ1) is 12.2. The van der Waals surface area contributed by atoms with Crippen LogP contribution in [-0.2, 0) is 33.0 Å². The highest BCUT2D eigenvalue weighted by atomic mass is 16.1. The van der Waals surface area contributed by atoms with Crippen LogP contribution in [0.15, 0.2) is 17.1 Å². The first-order valence-corrected chi connectivity index (χ1v) is 9.07. The van der Waals surface area contributed by atoms with Crippen LogP contribution >= 0.6 is 0 Å². The molecule has 8 heteroatoms. The smallest absolute Gasteiger partial charge is 0.267 e. The summed E-state index contributed by atoms with van der Waals surface area (Å²) in [4.78, 5) is 18.6. The Kier molecular flexibility index (Phi) is 4.63. The third-order valence-corrected chi connectivity index (χ3v) is 5.15. The molecule has 1 fully saturated rings. The van der Waals surface area contributed by atoms with Gasteiger partial charge in [-0.15, -0.1) is 0 Å². The lowest BCUT2D eigenvalue weighted by Crippen LogP contribution is -2.47. The van der Waals surface area contributed by atoms with Crippen LogP contribution in [0.3, 0.4) is 0 Å². The molecule has 0 atom stereocenters. The first-order valence-electron chi connectivity index (χ1n) is 9.07. The van der Waals surface area contributed by atoms with Crippen molar-refractivity contribution in [3.63, 3.8) is 0 Å². The fourth-order valence-electron chi connectivity index (χ4n) is 3.70. The second-order valence-corrected chi connectivity index (χ2v) is 6.97. The van der Waals surface area contributed by atoms with Gasteiger partial charge in [-0.3, -0.25) is 14.6 Å². The number of piperazine rings is 1. The lowest BCUT2D eigenvalue weighted by Gasteiger charge is -2.34. The van der Waals surface area contributed by atoms with Gasteiger partial charge in [-0.2, -0.15) is 20.1 Å². The number of hydrogen-bond acceptors (Lipinski definition) is 6. The van der Waals surface area contributed by atoms with Crippen LogP contribution in [0.5, 0.6) is 0 Å². The van der Waals surface area contributed by atoms with E-state index in [1.165, 1.54) is 0 Å². The molecule has 2 aliphatic rings. The fourth-order valence-corrected chi connectivity index (χ4v) is 3.70. The molecule has 1 aliphatic heterocycles. The van der Waals surface area contributed by atoms with Gasteiger partial charge in [0.2, 0.25) is 0 Å². The van der Waals surface area contributed by atoms with Crippen LogP contribution in [0, 0.1) is 0 Å². The van der Waals surface area contributed by atoms with Gasteiger partial charge in [-0.05, 0) is 24.8 Å². The minimum Gasteiger partial charge on any atom is -0.299 e. The Morgan fingerprint density at radius 2 is 1.84 bits per heavy atom. The molecule has 0 spiro atoms. The van der Waals surface area contributed by atoms with E-state index >= 15 is 0 Å². The van der Waals surface area contributed by atoms with E-state index in [0.717, 1.165) is 75.5 Å². The summed E-state index contributed by atoms with van der Waals surface area (Å²) in [7, 11) is 1.84. The van der Waals surface area contributed by atoms with E-state index < -0.39 is 0 Å². The Balaban J connectivity index is 1.27. The molecule has 25 heavy (non-hydrogen) atoms. The van der Waals surface area contributed by atoms with Crippen LogP contribution in [0.2, 0.25) is 0 Å². The lowest BCUT2D eigenvalue weighted by molar-refractivity contribution is 0.121. The van der Waals surface area contributed by atoms with E-state index in [1.54, 1.807) is 15.5 Å². The zero-order chi connectivity index (χ0) is 17.2. The second kappa shape index (κ2) is 7.05. The summed E-state index contributed by atoms with van der Waals surface area (Å²) in [6.07, 6.45) is 4.97. The van der Waals surface area contributed by atoms with Gasteiger partial charge in [0.15, 0.2) is 0 Å². The molecule has 0 radical (unpaired) electrons. The van der Waals surface area contributed by atoms with E-state index in [2.05, 4.69) is 25.1 Å². The van der Waals surface area contributed by atoms with Crippen molar-refractivity contribution in [1.29, 1.82) is 0 Å². The van der Waals surface area contributed by atoms with Gasteiger partial charge in [0, 0.05) is 52.4 Å². The van der Waals surface area contributed by atoms with E-state index in [9.17, 15) is 4.79 Å². The predicted octanol–water partition coefficient (Wildman–Crippen LogP) is -0.322. The maximum absolute atomic E-state index is 12.2. The number of fused-ring (bicyclic) bond motifs is 1. The maximum Gasteiger partial charge on any atom is 0.267 e. The first kappa shape index (κ1) is 16.4. The normalized spacial score (nSPS) is 18.6. The largest absolute Gasteiger partial charge is 0.299 e. The summed E-state index contributed by atoms with van der Waals surface area (Å²) < 4.78 is 1.65. The molecule has 8 nitrogen and oxygen atoms in total. The van der Waals surface area contributed by atoms with Crippen molar-refractivity contribution < 1.29 is 0 Å². The topological polar surface area (TPSA) is 72.1 Å². The Bertz CT molecular complexity index is 789. The van der Waals surface area contributed by atoms with Crippen molar-refractivity contribution in [2.24, 2.45) is 7.05 Å². The monoisotopic (exact) mass is 343 g/mol. The molecule has 0 bridgehead atoms. The van der Waals surface area contributed by atoms with E-state index in [0.29, 0.717) is 6.54 Å². The van der Waals surface area contributed by atoms with Crippen LogP contribution in [-0.4, -0.2) is 67.3 Å². The van der Waals surface area contributed by atoms with Gasteiger partial charge in [-0.1, -0.05) is 0 Å². The van der Waals surface area contributed by atoms with Crippen molar-refractivity contribution in [3.8, 4) is 0 Å². The van der Waals surface area contributed by atoms with Crippen molar-refractivity contribution >= 4 is 0 Å². The van der Waals surface area contributed by atoms with Gasteiger partial charge in [0.1, 0.15) is 0 Å². The summed E-state index contributed by atoms with van der Waals surface area (Å²) in [6.45, 7) is 6.47. The van der Waals surface area contributed by atoms with Crippen molar-refractivity contribution in [2.75, 3.05) is 32.7 Å². The Morgan fingerprint density at radius 3 is 2.60 bits per heavy atom. The SMILES string of the molecule is Cn1ncc(CN2CCN(CCn3nc4c(cc3=O)CCC4)CC2)n1. The minimum atomic E-state index is 0.0435. The molecule has 3 heterocycles. The van der Waals surface area contributed by atoms with Crippen LogP contribution in [0.25, 0.3) is 0 Å². The highest BCUT2D eigenvalue weighted by Gasteiger charge is 2.19. The highest BCUT2D eigenvalue weighted by Crippen LogP contribution is 2.16. The van der Waals surface area contributed by atoms with Crippen molar-refractivity contribution in [1.82, 2.24) is 34.6 Å². The summed E-state index contributed by atoms with van der Waals surface area (Å²) >= 11 is 0. The molecule has 134 valence electrons. The number of nitrogens with zero attached hydrogens (tertiary/aromatic N) is 7. The molecule has 0 aromatic carbocycles. The maximum atomic E-state index is 12.2. The number of aryl methyl sites for hydroxylation is 3. The number of rotatable bonds is 5. The summed E-state index contributed by atoms with van der Waals surface area (Å²) in [5.41, 5.74) is 3.33. The van der Waals surface area contributed by atoms with Gasteiger partial charge in [-0.25, -0.2) is 4.68 Å². The Labute approximate surface area is 147 Å². The summed E-state index contributed by atoms with van der Waals surface area (Å²) in [5.74, 6) is 0. The molecular formula is C17H25N7O. The van der Waals surface area contributed by atoms with Crippen LogP contribution in [0.1, 0.15) is 23.4 Å². The van der Waals surface area contributed by atoms with Crippen LogP contribution < -0.4 is 5.56 Å². The third kappa shape index (κ3) is 3.80. The molecule has 1 aliphatic carbocycles. The summed E-state index contributed by atoms with van der Waals surface area (Å²) in [6, 6.07) is 1.79. The van der Waals surface area contributed by atoms with Crippen LogP contribution in [0.4, 0.5) is 0 Å². The molecule has 2 aromatic rings. The summed E-state index contributed by atoms with van der Waals surface area (Å²) in [5, 5.41) is 13.0. The highest BCUT2D eigenvalue weighted by molar-refractivity contribution is 5.22. The molecule has 2 aromatic heterocycles. The van der Waals surface area contributed by atoms with E-state index in [1.807, 2.05) is 13.2 Å². The van der Waals surface area contributed by atoms with Gasteiger partial charge in [0.25, 0.3) is 5.56 Å². The molecular weight excluding hydrogens is 318 g/mol. The van der Waals surface area contributed by atoms with Crippen molar-refractivity contribution in [2.45, 2.75) is 32.4 Å². The molecule has 4 rings (SSSR count). The van der Waals surface area contributed by atoms with E-state index in [4.69, 9.17) is 0 Å². The van der Waals surface area contributed by atoms with Crippen molar-refractivity contribution in [3.05, 3.63) is 39.6 Å². The molecule has 0 unspecified atom stereocenters. The average molecular weight is 343 g/mol. The molecule has 0 N–H and O–H groups in total. The predicted molar refractivity (Wildman–Crippen MR) is 93.2 cm³/mol. The second-order valence-electron chi connectivity index (χ2n) is 6.97. The van der Waals surface area contributed by atoms with E-state index in [-0.39, 0.29) is 5.56 Å². The van der Waals surface area contributed by atoms with Gasteiger partial charge < -0.3 is 0 Å². The number of hydrogen-bond donors (Lipinski definition) is 0. The third-order valence-electron chi connectivity index (χ3n) is 5.15. The zero-order valence-electron chi connectivity index (χ0n) is 14.8. The molecule has 1 saturated heterocycles. The standard InChI is InChI=1S/C17H25N7O/c1-21-18-12-15(19-21)13-23-7-5-22(6-8-23)9-10-24-17(25)11-14-3-2-4-16(14)20-24/h11-12H,2-10,13H2,1H3. The quantitative estimate of drug-likeness (QED) is 0.741. The molecule has 0 saturated carbocycles. The average Bonchev–Trinajstić information content (AvgIpc) is 3.22. The minimum absolute atomic E-state index is 0.0435.